The number of hydrogen-bond acceptors (Lipinski definition) is 8. The van der Waals surface area contributed by atoms with Gasteiger partial charge < -0.3 is 19.8 Å². The van der Waals surface area contributed by atoms with E-state index in [-0.39, 0.29) is 17.5 Å². The first-order valence-corrected chi connectivity index (χ1v) is 12.1. The van der Waals surface area contributed by atoms with Gasteiger partial charge in [-0.15, -0.1) is 0 Å². The normalized spacial score (nSPS) is 10.9. The molecule has 2 N–H and O–H groups in total. The minimum absolute atomic E-state index is 0.141. The average Bonchev–Trinajstić information content (AvgIpc) is 3.38. The summed E-state index contributed by atoms with van der Waals surface area (Å²) in [6, 6.07) is 27.0. The van der Waals surface area contributed by atoms with Crippen molar-refractivity contribution in [3.63, 3.8) is 0 Å². The molecule has 0 saturated carbocycles. The number of fused-ring (bicyclic) bond motifs is 1. The molecule has 10 heteroatoms. The van der Waals surface area contributed by atoms with Gasteiger partial charge in [-0.05, 0) is 23.3 Å². The van der Waals surface area contributed by atoms with Gasteiger partial charge in [0.05, 0.1) is 25.3 Å². The van der Waals surface area contributed by atoms with E-state index in [1.165, 1.54) is 18.0 Å². The zero-order valence-electron chi connectivity index (χ0n) is 21.1. The molecule has 6 rings (SSSR count). The third-order valence-corrected chi connectivity index (χ3v) is 6.24. The van der Waals surface area contributed by atoms with Gasteiger partial charge >= 0.3 is 6.01 Å². The van der Waals surface area contributed by atoms with E-state index in [4.69, 9.17) is 14.6 Å². The van der Waals surface area contributed by atoms with Crippen LogP contribution in [0.25, 0.3) is 39.2 Å². The van der Waals surface area contributed by atoms with Gasteiger partial charge in [-0.3, -0.25) is 4.79 Å². The topological polar surface area (TPSA) is 119 Å². The summed E-state index contributed by atoms with van der Waals surface area (Å²) in [5.41, 5.74) is 4.46. The molecule has 0 saturated heterocycles. The number of ether oxygens (including phenoxy) is 2. The summed E-state index contributed by atoms with van der Waals surface area (Å²) in [7, 11) is 3.06. The zero-order chi connectivity index (χ0) is 26.8. The smallest absolute Gasteiger partial charge is 0.320 e. The van der Waals surface area contributed by atoms with Crippen LogP contribution in [0.1, 0.15) is 0 Å². The zero-order valence-corrected chi connectivity index (χ0v) is 21.1. The summed E-state index contributed by atoms with van der Waals surface area (Å²) in [5, 5.41) is 7.98. The Kier molecular flexibility index (Phi) is 6.18. The Balaban J connectivity index is 1.66. The Labute approximate surface area is 223 Å². The predicted octanol–water partition coefficient (Wildman–Crippen LogP) is 4.97. The van der Waals surface area contributed by atoms with Crippen LogP contribution in [0, 0.1) is 0 Å². The van der Waals surface area contributed by atoms with Gasteiger partial charge in [0.1, 0.15) is 29.2 Å². The largest absolute Gasteiger partial charge is 0.497 e. The molecule has 192 valence electrons. The van der Waals surface area contributed by atoms with Crippen molar-refractivity contribution in [3.05, 3.63) is 102 Å². The highest BCUT2D eigenvalue weighted by atomic mass is 16.5. The van der Waals surface area contributed by atoms with Crippen molar-refractivity contribution in [2.45, 2.75) is 0 Å². The first-order chi connectivity index (χ1) is 19.2. The van der Waals surface area contributed by atoms with Gasteiger partial charge in [0, 0.05) is 5.56 Å². The van der Waals surface area contributed by atoms with Crippen LogP contribution in [-0.4, -0.2) is 43.8 Å². The van der Waals surface area contributed by atoms with Crippen molar-refractivity contribution in [2.75, 3.05) is 19.5 Å². The fraction of sp³-hybridized carbons (Fsp3) is 0.0690. The molecule has 0 amide bonds. The van der Waals surface area contributed by atoms with E-state index >= 15 is 0 Å². The Bertz CT molecular complexity index is 1820. The second-order valence-corrected chi connectivity index (χ2v) is 8.55. The van der Waals surface area contributed by atoms with Crippen LogP contribution in [-0.2, 0) is 0 Å². The molecule has 39 heavy (non-hydrogen) atoms. The molecule has 0 unspecified atom stereocenters. The van der Waals surface area contributed by atoms with Crippen molar-refractivity contribution in [2.24, 2.45) is 0 Å². The molecule has 6 aromatic rings. The number of nitrogens with one attached hydrogen (secondary N) is 2. The van der Waals surface area contributed by atoms with E-state index in [9.17, 15) is 4.79 Å². The molecule has 0 aliphatic rings. The van der Waals surface area contributed by atoms with Crippen LogP contribution in [0.15, 0.2) is 96.1 Å². The van der Waals surface area contributed by atoms with E-state index in [1.54, 1.807) is 19.2 Å². The second-order valence-electron chi connectivity index (χ2n) is 8.55. The van der Waals surface area contributed by atoms with Crippen molar-refractivity contribution in [1.82, 2.24) is 29.5 Å². The molecular formula is C29H23N7O3. The maximum atomic E-state index is 14.2. The fourth-order valence-electron chi connectivity index (χ4n) is 4.42. The molecule has 0 aliphatic carbocycles. The second kappa shape index (κ2) is 10.1. The lowest BCUT2D eigenvalue weighted by molar-refractivity contribution is 0.379. The highest BCUT2D eigenvalue weighted by Gasteiger charge is 2.23. The van der Waals surface area contributed by atoms with Gasteiger partial charge in [-0.1, -0.05) is 72.8 Å². The fourth-order valence-corrected chi connectivity index (χ4v) is 4.42. The maximum absolute atomic E-state index is 14.2. The number of rotatable bonds is 7. The third-order valence-electron chi connectivity index (χ3n) is 6.24. The first kappa shape index (κ1) is 23.9. The lowest BCUT2D eigenvalue weighted by Crippen LogP contribution is -2.20. The molecule has 10 nitrogen and oxygen atoms in total. The average molecular weight is 518 g/mol. The summed E-state index contributed by atoms with van der Waals surface area (Å²) in [6.45, 7) is 0. The molecule has 0 atom stereocenters. The van der Waals surface area contributed by atoms with Gasteiger partial charge in [-0.2, -0.15) is 19.6 Å². The van der Waals surface area contributed by atoms with Crippen LogP contribution in [0.3, 0.4) is 0 Å². The minimum Gasteiger partial charge on any atom is -0.497 e. The molecule has 0 radical (unpaired) electrons. The number of nitrogens with zero attached hydrogens (tertiary/aromatic N) is 5. The van der Waals surface area contributed by atoms with Gasteiger partial charge in [0.15, 0.2) is 0 Å². The molecular weight excluding hydrogens is 494 g/mol. The standard InChI is InChI=1S/C29H23N7O3/c1-38-21-15-13-19(14-16-21)23-25(33-28-30-17-31-29(34-28)39-2)32-26-22(18-9-5-3-6-10-18)24(35-36(26)27(23)37)20-11-7-4-8-12-20/h3-17,32H,1-2H3,(H,30,31,33,34). The van der Waals surface area contributed by atoms with E-state index < -0.39 is 0 Å². The van der Waals surface area contributed by atoms with Gasteiger partial charge in [0.2, 0.25) is 5.95 Å². The Morgan fingerprint density at radius 3 is 2.10 bits per heavy atom. The van der Waals surface area contributed by atoms with Crippen molar-refractivity contribution in [1.29, 1.82) is 0 Å². The van der Waals surface area contributed by atoms with Crippen LogP contribution in [0.4, 0.5) is 11.8 Å². The van der Waals surface area contributed by atoms with Crippen LogP contribution in [0.5, 0.6) is 11.8 Å². The van der Waals surface area contributed by atoms with Gasteiger partial charge in [0.25, 0.3) is 5.56 Å². The molecule has 3 aromatic carbocycles. The SMILES string of the molecule is COc1ccc(-c2c(Nc3ncnc(OC)n3)[nH]c3c(-c4ccccc4)c(-c4ccccc4)nn3c2=O)cc1. The highest BCUT2D eigenvalue weighted by molar-refractivity contribution is 5.92. The van der Waals surface area contributed by atoms with Gasteiger partial charge in [-0.25, -0.2) is 4.98 Å². The summed E-state index contributed by atoms with van der Waals surface area (Å²) >= 11 is 0. The monoisotopic (exact) mass is 517 g/mol. The predicted molar refractivity (Wildman–Crippen MR) is 148 cm³/mol. The lowest BCUT2D eigenvalue weighted by Gasteiger charge is -2.13. The molecule has 3 aromatic heterocycles. The molecule has 0 fully saturated rings. The molecule has 3 heterocycles. The van der Waals surface area contributed by atoms with E-state index in [0.717, 1.165) is 16.7 Å². The number of methoxy groups -OCH3 is 2. The highest BCUT2D eigenvalue weighted by Crippen LogP contribution is 2.36. The minimum atomic E-state index is -0.322. The van der Waals surface area contributed by atoms with E-state index in [2.05, 4.69) is 25.3 Å². The Morgan fingerprint density at radius 2 is 1.44 bits per heavy atom. The van der Waals surface area contributed by atoms with Crippen molar-refractivity contribution < 1.29 is 9.47 Å². The Hall–Kier alpha value is -5.51. The number of benzene rings is 3. The van der Waals surface area contributed by atoms with E-state index in [0.29, 0.717) is 34.0 Å². The van der Waals surface area contributed by atoms with Crippen molar-refractivity contribution in [3.8, 4) is 45.3 Å². The van der Waals surface area contributed by atoms with Crippen LogP contribution < -0.4 is 20.3 Å². The summed E-state index contributed by atoms with van der Waals surface area (Å²) in [4.78, 5) is 30.1. The quantitative estimate of drug-likeness (QED) is 0.305. The first-order valence-electron chi connectivity index (χ1n) is 12.1. The molecule has 0 bridgehead atoms. The van der Waals surface area contributed by atoms with Crippen LogP contribution >= 0.6 is 0 Å². The molecule has 0 spiro atoms. The third kappa shape index (κ3) is 4.44. The summed E-state index contributed by atoms with van der Waals surface area (Å²) in [6.07, 6.45) is 1.33. The number of aromatic amines is 1. The number of hydrogen-bond donors (Lipinski definition) is 2. The number of H-pyrrole nitrogens is 1. The number of aromatic nitrogens is 6. The van der Waals surface area contributed by atoms with Crippen molar-refractivity contribution >= 4 is 17.4 Å². The summed E-state index contributed by atoms with van der Waals surface area (Å²) < 4.78 is 11.9. The Morgan fingerprint density at radius 1 is 0.769 bits per heavy atom. The van der Waals surface area contributed by atoms with E-state index in [1.807, 2.05) is 72.8 Å². The van der Waals surface area contributed by atoms with Crippen LogP contribution in [0.2, 0.25) is 0 Å². The maximum Gasteiger partial charge on any atom is 0.320 e. The lowest BCUT2D eigenvalue weighted by atomic mass is 10.0. The molecule has 0 aliphatic heterocycles. The number of anilines is 2. The summed E-state index contributed by atoms with van der Waals surface area (Å²) in [5.74, 6) is 1.27.